The minimum Gasteiger partial charge on any atom is -0.389 e. The summed E-state index contributed by atoms with van der Waals surface area (Å²) in [6.07, 6.45) is 6.85. The Morgan fingerprint density at radius 3 is 2.61 bits per heavy atom. The van der Waals surface area contributed by atoms with E-state index in [-0.39, 0.29) is 0 Å². The minimum absolute atomic E-state index is 0.343. The first-order valence-electron chi connectivity index (χ1n) is 6.42. The second kappa shape index (κ2) is 5.61. The van der Waals surface area contributed by atoms with Crippen molar-refractivity contribution in [3.8, 4) is 0 Å². The highest BCUT2D eigenvalue weighted by Gasteiger charge is 2.24. The van der Waals surface area contributed by atoms with Gasteiger partial charge in [0, 0.05) is 12.2 Å². The molecule has 1 aromatic heterocycles. The molecule has 2 unspecified atom stereocenters. The van der Waals surface area contributed by atoms with Crippen molar-refractivity contribution in [3.05, 3.63) is 18.1 Å². The number of nitrogens with two attached hydrogens (primary N) is 1. The molecule has 1 fully saturated rings. The molecule has 0 aliphatic heterocycles. The smallest absolute Gasteiger partial charge is 0.139 e. The van der Waals surface area contributed by atoms with Gasteiger partial charge in [-0.15, -0.1) is 0 Å². The van der Waals surface area contributed by atoms with Gasteiger partial charge < -0.3 is 11.1 Å². The maximum Gasteiger partial charge on any atom is 0.139 e. The lowest BCUT2D eigenvalue weighted by Crippen LogP contribution is -2.31. The van der Waals surface area contributed by atoms with E-state index < -0.39 is 0 Å². The Morgan fingerprint density at radius 2 is 2.00 bits per heavy atom. The molecule has 1 saturated carbocycles. The van der Waals surface area contributed by atoms with Gasteiger partial charge >= 0.3 is 0 Å². The van der Waals surface area contributed by atoms with Gasteiger partial charge in [-0.3, -0.25) is 0 Å². The number of nitrogens with zero attached hydrogens (tertiary/aromatic N) is 2. The molecule has 2 atom stereocenters. The highest BCUT2D eigenvalue weighted by atomic mass is 32.1. The average molecular weight is 264 g/mol. The molecule has 0 aromatic carbocycles. The first-order valence-corrected chi connectivity index (χ1v) is 6.83. The Morgan fingerprint density at radius 1 is 1.33 bits per heavy atom. The number of nitrogens with one attached hydrogen (secondary N) is 1. The van der Waals surface area contributed by atoms with Gasteiger partial charge in [0.05, 0.1) is 5.56 Å². The number of thiocarbonyl (C=S) groups is 1. The molecule has 5 heteroatoms. The number of hydrogen-bond donors (Lipinski definition) is 2. The number of aromatic nitrogens is 2. The van der Waals surface area contributed by atoms with Crippen molar-refractivity contribution in [3.63, 3.8) is 0 Å². The summed E-state index contributed by atoms with van der Waals surface area (Å²) >= 11 is 5.02. The predicted molar refractivity (Wildman–Crippen MR) is 77.5 cm³/mol. The first-order chi connectivity index (χ1) is 8.56. The summed E-state index contributed by atoms with van der Waals surface area (Å²) < 4.78 is 0. The predicted octanol–water partition coefficient (Wildman–Crippen LogP) is 2.35. The SMILES string of the molecule is CC1CC(C)CC(Nc2ncncc2C(N)=S)C1. The third kappa shape index (κ3) is 3.16. The molecule has 0 spiro atoms. The van der Waals surface area contributed by atoms with E-state index in [9.17, 15) is 0 Å². The van der Waals surface area contributed by atoms with E-state index in [1.807, 2.05) is 0 Å². The standard InChI is InChI=1S/C13H20N4S/c1-8-3-9(2)5-10(4-8)17-13-11(12(14)18)6-15-7-16-13/h6-10H,3-5H2,1-2H3,(H2,14,18)(H,15,16,17). The van der Waals surface area contributed by atoms with Crippen LogP contribution in [0.3, 0.4) is 0 Å². The van der Waals surface area contributed by atoms with Gasteiger partial charge in [0.15, 0.2) is 0 Å². The molecule has 1 heterocycles. The fourth-order valence-corrected chi connectivity index (χ4v) is 3.03. The summed E-state index contributed by atoms with van der Waals surface area (Å²) in [5.41, 5.74) is 6.42. The van der Waals surface area contributed by atoms with Crippen molar-refractivity contribution in [1.29, 1.82) is 0 Å². The Kier molecular flexibility index (Phi) is 4.11. The molecule has 18 heavy (non-hydrogen) atoms. The molecule has 1 aliphatic rings. The van der Waals surface area contributed by atoms with E-state index >= 15 is 0 Å². The molecule has 2 rings (SSSR count). The van der Waals surface area contributed by atoms with E-state index in [1.165, 1.54) is 25.6 Å². The molecule has 0 amide bonds. The van der Waals surface area contributed by atoms with Crippen LogP contribution in [0.5, 0.6) is 0 Å². The van der Waals surface area contributed by atoms with Crippen molar-refractivity contribution >= 4 is 23.0 Å². The Balaban J connectivity index is 2.11. The van der Waals surface area contributed by atoms with Crippen LogP contribution in [0.2, 0.25) is 0 Å². The third-order valence-corrected chi connectivity index (χ3v) is 3.72. The quantitative estimate of drug-likeness (QED) is 0.820. The summed E-state index contributed by atoms with van der Waals surface area (Å²) in [7, 11) is 0. The molecular formula is C13H20N4S. The van der Waals surface area contributed by atoms with Gasteiger partial charge in [-0.2, -0.15) is 0 Å². The molecule has 0 bridgehead atoms. The Hall–Kier alpha value is -1.23. The topological polar surface area (TPSA) is 63.8 Å². The van der Waals surface area contributed by atoms with E-state index in [1.54, 1.807) is 6.20 Å². The van der Waals surface area contributed by atoms with E-state index in [0.29, 0.717) is 11.0 Å². The summed E-state index contributed by atoms with van der Waals surface area (Å²) in [6.45, 7) is 4.61. The summed E-state index contributed by atoms with van der Waals surface area (Å²) in [6, 6.07) is 0.451. The van der Waals surface area contributed by atoms with Gasteiger partial charge in [0.25, 0.3) is 0 Å². The maximum atomic E-state index is 5.69. The van der Waals surface area contributed by atoms with Crippen LogP contribution in [0, 0.1) is 11.8 Å². The van der Waals surface area contributed by atoms with Crippen LogP contribution >= 0.6 is 12.2 Å². The highest BCUT2D eigenvalue weighted by Crippen LogP contribution is 2.30. The molecular weight excluding hydrogens is 244 g/mol. The maximum absolute atomic E-state index is 5.69. The van der Waals surface area contributed by atoms with E-state index in [0.717, 1.165) is 23.2 Å². The fraction of sp³-hybridized carbons (Fsp3) is 0.615. The van der Waals surface area contributed by atoms with Crippen molar-refractivity contribution in [2.24, 2.45) is 17.6 Å². The normalized spacial score (nSPS) is 27.8. The molecule has 98 valence electrons. The zero-order valence-electron chi connectivity index (χ0n) is 10.9. The van der Waals surface area contributed by atoms with Crippen molar-refractivity contribution < 1.29 is 0 Å². The lowest BCUT2D eigenvalue weighted by atomic mass is 9.80. The average Bonchev–Trinajstić information content (AvgIpc) is 2.27. The Labute approximate surface area is 113 Å². The van der Waals surface area contributed by atoms with Gasteiger partial charge in [-0.05, 0) is 31.1 Å². The van der Waals surface area contributed by atoms with Crippen LogP contribution in [-0.4, -0.2) is 21.0 Å². The van der Waals surface area contributed by atoms with Gasteiger partial charge in [0.1, 0.15) is 17.1 Å². The second-order valence-electron chi connectivity index (χ2n) is 5.41. The second-order valence-corrected chi connectivity index (χ2v) is 5.85. The summed E-state index contributed by atoms with van der Waals surface area (Å²) in [4.78, 5) is 8.57. The summed E-state index contributed by atoms with van der Waals surface area (Å²) in [5.74, 6) is 2.27. The monoisotopic (exact) mass is 264 g/mol. The largest absolute Gasteiger partial charge is 0.389 e. The first kappa shape index (κ1) is 13.2. The van der Waals surface area contributed by atoms with E-state index in [2.05, 4.69) is 29.1 Å². The van der Waals surface area contributed by atoms with E-state index in [4.69, 9.17) is 18.0 Å². The van der Waals surface area contributed by atoms with Gasteiger partial charge in [-0.1, -0.05) is 26.1 Å². The van der Waals surface area contributed by atoms with Crippen LogP contribution in [-0.2, 0) is 0 Å². The van der Waals surface area contributed by atoms with Crippen molar-refractivity contribution in [2.45, 2.75) is 39.2 Å². The zero-order chi connectivity index (χ0) is 13.1. The summed E-state index contributed by atoms with van der Waals surface area (Å²) in [5, 5.41) is 3.47. The van der Waals surface area contributed by atoms with Crippen molar-refractivity contribution in [1.82, 2.24) is 9.97 Å². The van der Waals surface area contributed by atoms with Crippen molar-refractivity contribution in [2.75, 3.05) is 5.32 Å². The lowest BCUT2D eigenvalue weighted by molar-refractivity contribution is 0.280. The number of hydrogen-bond acceptors (Lipinski definition) is 4. The van der Waals surface area contributed by atoms with Crippen LogP contribution in [0.15, 0.2) is 12.5 Å². The molecule has 1 aliphatic carbocycles. The Bertz CT molecular complexity index is 425. The molecule has 0 saturated heterocycles. The zero-order valence-corrected chi connectivity index (χ0v) is 11.7. The molecule has 4 nitrogen and oxygen atoms in total. The number of anilines is 1. The van der Waals surface area contributed by atoms with Crippen LogP contribution < -0.4 is 11.1 Å². The molecule has 0 radical (unpaired) electrons. The van der Waals surface area contributed by atoms with Crippen LogP contribution in [0.1, 0.15) is 38.7 Å². The highest BCUT2D eigenvalue weighted by molar-refractivity contribution is 7.80. The van der Waals surface area contributed by atoms with Crippen LogP contribution in [0.4, 0.5) is 5.82 Å². The van der Waals surface area contributed by atoms with Crippen LogP contribution in [0.25, 0.3) is 0 Å². The fourth-order valence-electron chi connectivity index (χ4n) is 2.88. The molecule has 3 N–H and O–H groups in total. The number of rotatable bonds is 3. The lowest BCUT2D eigenvalue weighted by Gasteiger charge is -2.32. The van der Waals surface area contributed by atoms with Gasteiger partial charge in [0.2, 0.25) is 0 Å². The molecule has 1 aromatic rings. The third-order valence-electron chi connectivity index (χ3n) is 3.50. The van der Waals surface area contributed by atoms with Gasteiger partial charge in [-0.25, -0.2) is 9.97 Å². The minimum atomic E-state index is 0.343.